The summed E-state index contributed by atoms with van der Waals surface area (Å²) in [5.41, 5.74) is -0.761. The lowest BCUT2D eigenvalue weighted by molar-refractivity contribution is -0.114. The second kappa shape index (κ2) is 9.80. The van der Waals surface area contributed by atoms with Gasteiger partial charge < -0.3 is 30.0 Å². The number of nitrogens with one attached hydrogen (secondary N) is 2. The SMILES string of the molecule is BC(B)(O)Oc1cc(Nc2cc(NC(C)=O)ncc2-c2ccc3c(n2)OC(C)(C)CO3)nc(S(C)(=O)=O)c1. The zero-order valence-electron chi connectivity index (χ0n) is 21.8. The molecule has 0 spiro atoms. The zero-order valence-corrected chi connectivity index (χ0v) is 22.6. The number of fused-ring (bicyclic) bond motifs is 1. The lowest BCUT2D eigenvalue weighted by atomic mass is 9.76. The topological polar surface area (TPSA) is 162 Å². The molecule has 0 bridgehead atoms. The number of ether oxygens (including phenoxy) is 3. The number of hydrogen-bond donors (Lipinski definition) is 3. The van der Waals surface area contributed by atoms with Gasteiger partial charge in [0, 0.05) is 43.1 Å². The van der Waals surface area contributed by atoms with Crippen molar-refractivity contribution in [1.82, 2.24) is 15.0 Å². The minimum Gasteiger partial charge on any atom is -0.484 e. The molecule has 0 fully saturated rings. The van der Waals surface area contributed by atoms with Crippen molar-refractivity contribution >= 4 is 48.8 Å². The zero-order chi connectivity index (χ0) is 27.9. The summed E-state index contributed by atoms with van der Waals surface area (Å²) < 4.78 is 41.8. The molecule has 198 valence electrons. The van der Waals surface area contributed by atoms with Gasteiger partial charge in [0.2, 0.25) is 5.91 Å². The van der Waals surface area contributed by atoms with Crippen LogP contribution in [0.1, 0.15) is 20.8 Å². The molecule has 0 aliphatic carbocycles. The van der Waals surface area contributed by atoms with Crippen molar-refractivity contribution in [3.63, 3.8) is 0 Å². The Balaban J connectivity index is 1.81. The quantitative estimate of drug-likeness (QED) is 0.282. The molecule has 38 heavy (non-hydrogen) atoms. The summed E-state index contributed by atoms with van der Waals surface area (Å²) in [7, 11) is -0.903. The molecule has 0 atom stereocenters. The van der Waals surface area contributed by atoms with Crippen LogP contribution in [0.3, 0.4) is 0 Å². The second-order valence-corrected chi connectivity index (χ2v) is 11.9. The highest BCUT2D eigenvalue weighted by Gasteiger charge is 2.29. The Bertz CT molecular complexity index is 1510. The molecule has 4 rings (SSSR count). The van der Waals surface area contributed by atoms with E-state index in [-0.39, 0.29) is 28.3 Å². The number of carbonyl (C=O) groups excluding carboxylic acids is 1. The molecule has 3 aromatic heterocycles. The van der Waals surface area contributed by atoms with Gasteiger partial charge in [-0.1, -0.05) is 0 Å². The number of aromatic nitrogens is 3. The molecule has 12 nitrogen and oxygen atoms in total. The fourth-order valence-corrected chi connectivity index (χ4v) is 4.13. The smallest absolute Gasteiger partial charge is 0.258 e. The molecule has 0 aromatic carbocycles. The average Bonchev–Trinajstić information content (AvgIpc) is 2.76. The second-order valence-electron chi connectivity index (χ2n) is 9.92. The molecular weight excluding hydrogens is 512 g/mol. The van der Waals surface area contributed by atoms with Gasteiger partial charge >= 0.3 is 0 Å². The Morgan fingerprint density at radius 2 is 1.92 bits per heavy atom. The normalized spacial score (nSPS) is 14.4. The summed E-state index contributed by atoms with van der Waals surface area (Å²) in [5, 5.41) is 15.5. The monoisotopic (exact) mass is 539 g/mol. The van der Waals surface area contributed by atoms with Crippen molar-refractivity contribution in [3.05, 3.63) is 36.5 Å². The maximum absolute atomic E-state index is 12.3. The van der Waals surface area contributed by atoms with Gasteiger partial charge in [0.25, 0.3) is 5.88 Å². The highest BCUT2D eigenvalue weighted by atomic mass is 32.2. The summed E-state index contributed by atoms with van der Waals surface area (Å²) >= 11 is 0. The van der Waals surface area contributed by atoms with Crippen LogP contribution < -0.4 is 24.8 Å². The van der Waals surface area contributed by atoms with Crippen molar-refractivity contribution in [2.45, 2.75) is 37.0 Å². The van der Waals surface area contributed by atoms with E-state index in [0.717, 1.165) is 6.26 Å². The molecule has 0 saturated heterocycles. The number of anilines is 3. The summed E-state index contributed by atoms with van der Waals surface area (Å²) in [4.78, 5) is 24.8. The van der Waals surface area contributed by atoms with Gasteiger partial charge in [-0.05, 0) is 26.0 Å². The Morgan fingerprint density at radius 1 is 1.18 bits per heavy atom. The molecule has 15 heteroatoms. The number of amides is 1. The highest BCUT2D eigenvalue weighted by molar-refractivity contribution is 7.90. The van der Waals surface area contributed by atoms with Crippen molar-refractivity contribution in [2.24, 2.45) is 0 Å². The molecule has 3 aromatic rings. The molecule has 1 amide bonds. The van der Waals surface area contributed by atoms with Gasteiger partial charge in [0.05, 0.1) is 11.4 Å². The highest BCUT2D eigenvalue weighted by Crippen LogP contribution is 2.38. The van der Waals surface area contributed by atoms with Crippen LogP contribution in [-0.2, 0) is 14.6 Å². The van der Waals surface area contributed by atoms with E-state index in [1.165, 1.54) is 40.9 Å². The van der Waals surface area contributed by atoms with Gasteiger partial charge in [-0.3, -0.25) is 4.79 Å². The minimum atomic E-state index is -3.73. The van der Waals surface area contributed by atoms with E-state index in [1.807, 2.05) is 13.8 Å². The Hall–Kier alpha value is -3.84. The standard InChI is InChI=1S/C23H27B2N5O7S/c1-12(31)27-18-9-16(28-19-7-13(36-23(24,25)32)8-20(30-19)38(4,33)34)14(10-26-18)15-5-6-17-21(29-15)37-22(2,3)11-35-17/h5-10,32H,11,24-25H2,1-4H3,(H2,26,27,28,30,31). The third-order valence-corrected chi connectivity index (χ3v) is 6.01. The van der Waals surface area contributed by atoms with Gasteiger partial charge in [-0.25, -0.2) is 23.4 Å². The number of pyridine rings is 3. The first kappa shape index (κ1) is 27.2. The van der Waals surface area contributed by atoms with E-state index in [0.29, 0.717) is 35.2 Å². The molecule has 0 saturated carbocycles. The largest absolute Gasteiger partial charge is 0.484 e. The van der Waals surface area contributed by atoms with Crippen molar-refractivity contribution in [2.75, 3.05) is 23.5 Å². The predicted octanol–water partition coefficient (Wildman–Crippen LogP) is 0.442. The van der Waals surface area contributed by atoms with E-state index in [2.05, 4.69) is 25.6 Å². The van der Waals surface area contributed by atoms with Crippen molar-refractivity contribution in [1.29, 1.82) is 0 Å². The molecule has 1 aliphatic heterocycles. The lowest BCUT2D eigenvalue weighted by Crippen LogP contribution is -2.39. The fraction of sp³-hybridized carbons (Fsp3) is 0.304. The summed E-state index contributed by atoms with van der Waals surface area (Å²) in [6, 6.07) is 7.68. The Morgan fingerprint density at radius 3 is 2.58 bits per heavy atom. The lowest BCUT2D eigenvalue weighted by Gasteiger charge is -2.31. The van der Waals surface area contributed by atoms with Crippen LogP contribution in [0.2, 0.25) is 0 Å². The third kappa shape index (κ3) is 6.72. The number of rotatable bonds is 7. The Kier molecular flexibility index (Phi) is 7.01. The maximum Gasteiger partial charge on any atom is 0.258 e. The van der Waals surface area contributed by atoms with Crippen molar-refractivity contribution in [3.8, 4) is 28.6 Å². The van der Waals surface area contributed by atoms with Crippen LogP contribution in [0.15, 0.2) is 41.6 Å². The van der Waals surface area contributed by atoms with E-state index < -0.39 is 21.0 Å². The minimum absolute atomic E-state index is 0.0767. The Labute approximate surface area is 221 Å². The maximum atomic E-state index is 12.3. The van der Waals surface area contributed by atoms with Gasteiger partial charge in [0.15, 0.2) is 36.3 Å². The van der Waals surface area contributed by atoms with Crippen LogP contribution in [0, 0.1) is 0 Å². The molecule has 1 aliphatic rings. The van der Waals surface area contributed by atoms with Crippen LogP contribution in [0.4, 0.5) is 17.3 Å². The summed E-state index contributed by atoms with van der Waals surface area (Å²) in [6.07, 6.45) is 2.52. The molecule has 4 heterocycles. The number of aliphatic hydroxyl groups is 1. The van der Waals surface area contributed by atoms with E-state index >= 15 is 0 Å². The first-order chi connectivity index (χ1) is 17.6. The number of nitrogens with zero attached hydrogens (tertiary/aromatic N) is 3. The summed E-state index contributed by atoms with van der Waals surface area (Å²) in [5.74, 6) is 0.915. The van der Waals surface area contributed by atoms with Gasteiger partial charge in [-0.15, -0.1) is 0 Å². The first-order valence-corrected chi connectivity index (χ1v) is 13.5. The average molecular weight is 539 g/mol. The fourth-order valence-electron chi connectivity index (χ4n) is 3.54. The van der Waals surface area contributed by atoms with E-state index in [4.69, 9.17) is 14.2 Å². The molecular formula is C23H27B2N5O7S. The third-order valence-electron chi connectivity index (χ3n) is 5.04. The summed E-state index contributed by atoms with van der Waals surface area (Å²) in [6.45, 7) is 5.49. The van der Waals surface area contributed by atoms with Crippen LogP contribution in [0.5, 0.6) is 17.4 Å². The van der Waals surface area contributed by atoms with E-state index in [1.54, 1.807) is 18.2 Å². The molecule has 0 unspecified atom stereocenters. The van der Waals surface area contributed by atoms with Crippen LogP contribution >= 0.6 is 0 Å². The predicted molar refractivity (Wildman–Crippen MR) is 145 cm³/mol. The van der Waals surface area contributed by atoms with Crippen LogP contribution in [0.25, 0.3) is 11.3 Å². The van der Waals surface area contributed by atoms with Crippen LogP contribution in [-0.4, -0.2) is 74.1 Å². The number of hydrogen-bond acceptors (Lipinski definition) is 11. The number of sulfone groups is 1. The molecule has 3 N–H and O–H groups in total. The van der Waals surface area contributed by atoms with Crippen molar-refractivity contribution < 1.29 is 32.5 Å². The van der Waals surface area contributed by atoms with E-state index in [9.17, 15) is 18.3 Å². The number of carbonyl (C=O) groups is 1. The van der Waals surface area contributed by atoms with Gasteiger partial charge in [-0.2, -0.15) is 0 Å². The molecule has 0 radical (unpaired) electrons. The first-order valence-electron chi connectivity index (χ1n) is 11.6. The van der Waals surface area contributed by atoms with Gasteiger partial charge in [0.1, 0.15) is 35.2 Å².